The molecular formula is C24H24ClN5O3. The number of nitrogens with zero attached hydrogens (tertiary/aromatic N) is 3. The van der Waals surface area contributed by atoms with Crippen molar-refractivity contribution in [3.63, 3.8) is 0 Å². The van der Waals surface area contributed by atoms with Gasteiger partial charge in [-0.05, 0) is 49.2 Å². The SMILES string of the molecule is O=C(Nc1ccccc1Oc1nc(Nc2ccc(N3CCOCC3)cc2)ncc1Cl)C1CC1. The van der Waals surface area contributed by atoms with Gasteiger partial charge in [-0.15, -0.1) is 0 Å². The highest BCUT2D eigenvalue weighted by atomic mass is 35.5. The molecule has 2 aliphatic rings. The van der Waals surface area contributed by atoms with Crippen LogP contribution in [0.3, 0.4) is 0 Å². The Morgan fingerprint density at radius 2 is 1.85 bits per heavy atom. The lowest BCUT2D eigenvalue weighted by Crippen LogP contribution is -2.36. The van der Waals surface area contributed by atoms with E-state index in [2.05, 4.69) is 37.6 Å². The first kappa shape index (κ1) is 21.5. The van der Waals surface area contributed by atoms with Crippen LogP contribution in [0.4, 0.5) is 23.0 Å². The molecule has 0 atom stereocenters. The summed E-state index contributed by atoms with van der Waals surface area (Å²) in [6.07, 6.45) is 3.34. The first-order valence-electron chi connectivity index (χ1n) is 11.0. The highest BCUT2D eigenvalue weighted by Crippen LogP contribution is 2.35. The third kappa shape index (κ3) is 5.35. The van der Waals surface area contributed by atoms with Crippen molar-refractivity contribution in [3.8, 4) is 11.6 Å². The van der Waals surface area contributed by atoms with Crippen LogP contribution in [-0.4, -0.2) is 42.2 Å². The number of halogens is 1. The van der Waals surface area contributed by atoms with E-state index in [-0.39, 0.29) is 22.7 Å². The lowest BCUT2D eigenvalue weighted by molar-refractivity contribution is -0.117. The zero-order valence-electron chi connectivity index (χ0n) is 18.0. The Kier molecular flexibility index (Phi) is 6.28. The summed E-state index contributed by atoms with van der Waals surface area (Å²) in [5.74, 6) is 1.11. The third-order valence-corrected chi connectivity index (χ3v) is 5.77. The molecule has 2 N–H and O–H groups in total. The van der Waals surface area contributed by atoms with Gasteiger partial charge in [-0.3, -0.25) is 4.79 Å². The van der Waals surface area contributed by atoms with Gasteiger partial charge in [-0.2, -0.15) is 4.98 Å². The molecule has 0 spiro atoms. The molecule has 1 aromatic heterocycles. The van der Waals surface area contributed by atoms with Gasteiger partial charge < -0.3 is 25.0 Å². The number of hydrogen-bond acceptors (Lipinski definition) is 7. The van der Waals surface area contributed by atoms with Crippen molar-refractivity contribution in [2.45, 2.75) is 12.8 Å². The first-order chi connectivity index (χ1) is 16.2. The smallest absolute Gasteiger partial charge is 0.243 e. The summed E-state index contributed by atoms with van der Waals surface area (Å²) in [5, 5.41) is 6.37. The normalized spacial score (nSPS) is 15.7. The molecule has 0 bridgehead atoms. The van der Waals surface area contributed by atoms with Gasteiger partial charge in [0.15, 0.2) is 5.75 Å². The van der Waals surface area contributed by atoms with E-state index in [0.717, 1.165) is 50.5 Å². The number of morpholine rings is 1. The van der Waals surface area contributed by atoms with Gasteiger partial charge in [0.05, 0.1) is 25.1 Å². The Bertz CT molecular complexity index is 1130. The van der Waals surface area contributed by atoms with Crippen LogP contribution in [0.15, 0.2) is 54.7 Å². The lowest BCUT2D eigenvalue weighted by atomic mass is 10.2. The van der Waals surface area contributed by atoms with Crippen LogP contribution in [0.2, 0.25) is 5.02 Å². The zero-order valence-corrected chi connectivity index (χ0v) is 18.7. The minimum absolute atomic E-state index is 0.00252. The summed E-state index contributed by atoms with van der Waals surface area (Å²) in [6.45, 7) is 3.26. The Hall–Kier alpha value is -3.36. The fraction of sp³-hybridized carbons (Fsp3) is 0.292. The number of para-hydroxylation sites is 2. The van der Waals surface area contributed by atoms with Crippen molar-refractivity contribution in [1.82, 2.24) is 9.97 Å². The standard InChI is InChI=1S/C24H24ClN5O3/c25-19-15-26-24(27-17-7-9-18(10-8-17)30-11-13-32-14-12-30)29-23(19)33-21-4-2-1-3-20(21)28-22(31)16-5-6-16/h1-4,7-10,15-16H,5-6,11-14H2,(H,28,31)(H,26,27,29). The Morgan fingerprint density at radius 1 is 1.09 bits per heavy atom. The molecule has 5 rings (SSSR count). The molecule has 2 aromatic carbocycles. The maximum Gasteiger partial charge on any atom is 0.243 e. The number of carbonyl (C=O) groups excluding carboxylic acids is 1. The number of ether oxygens (including phenoxy) is 2. The van der Waals surface area contributed by atoms with E-state index >= 15 is 0 Å². The molecule has 0 unspecified atom stereocenters. The van der Waals surface area contributed by atoms with Crippen LogP contribution >= 0.6 is 11.6 Å². The maximum atomic E-state index is 12.2. The van der Waals surface area contributed by atoms with Gasteiger partial charge in [-0.1, -0.05) is 23.7 Å². The largest absolute Gasteiger partial charge is 0.435 e. The molecule has 9 heteroatoms. The number of rotatable bonds is 7. The highest BCUT2D eigenvalue weighted by Gasteiger charge is 2.30. The molecule has 1 amide bonds. The summed E-state index contributed by atoms with van der Waals surface area (Å²) < 4.78 is 11.4. The van der Waals surface area contributed by atoms with Crippen molar-refractivity contribution in [2.75, 3.05) is 41.8 Å². The Labute approximate surface area is 196 Å². The van der Waals surface area contributed by atoms with Crippen molar-refractivity contribution in [1.29, 1.82) is 0 Å². The average molecular weight is 466 g/mol. The summed E-state index contributed by atoms with van der Waals surface area (Å²) in [5.41, 5.74) is 2.57. The average Bonchev–Trinajstić information content (AvgIpc) is 3.69. The van der Waals surface area contributed by atoms with Crippen LogP contribution in [-0.2, 0) is 9.53 Å². The van der Waals surface area contributed by atoms with Gasteiger partial charge >= 0.3 is 0 Å². The number of amides is 1. The van der Waals surface area contributed by atoms with Crippen LogP contribution < -0.4 is 20.3 Å². The van der Waals surface area contributed by atoms with Crippen LogP contribution in [0, 0.1) is 5.92 Å². The first-order valence-corrected chi connectivity index (χ1v) is 11.3. The Balaban J connectivity index is 1.29. The molecule has 2 fully saturated rings. The van der Waals surface area contributed by atoms with Gasteiger partial charge in [-0.25, -0.2) is 4.98 Å². The van der Waals surface area contributed by atoms with Gasteiger partial charge in [0.1, 0.15) is 5.02 Å². The fourth-order valence-corrected chi connectivity index (χ4v) is 3.66. The van der Waals surface area contributed by atoms with Crippen LogP contribution in [0.25, 0.3) is 0 Å². The maximum absolute atomic E-state index is 12.2. The van der Waals surface area contributed by atoms with Crippen molar-refractivity contribution in [2.24, 2.45) is 5.92 Å². The molecule has 3 aromatic rings. The second kappa shape index (κ2) is 9.64. The molecule has 33 heavy (non-hydrogen) atoms. The van der Waals surface area contributed by atoms with Gasteiger partial charge in [0, 0.05) is 30.4 Å². The topological polar surface area (TPSA) is 88.6 Å². The number of anilines is 4. The van der Waals surface area contributed by atoms with Crippen LogP contribution in [0.1, 0.15) is 12.8 Å². The number of nitrogens with one attached hydrogen (secondary N) is 2. The van der Waals surface area contributed by atoms with Crippen LogP contribution in [0.5, 0.6) is 11.6 Å². The predicted octanol–water partition coefficient (Wildman–Crippen LogP) is 4.85. The van der Waals surface area contributed by atoms with E-state index in [1.165, 1.54) is 6.20 Å². The van der Waals surface area contributed by atoms with Crippen molar-refractivity contribution < 1.29 is 14.3 Å². The summed E-state index contributed by atoms with van der Waals surface area (Å²) in [4.78, 5) is 23.2. The lowest BCUT2D eigenvalue weighted by Gasteiger charge is -2.28. The minimum atomic E-state index is 0.00252. The molecule has 170 valence electrons. The molecule has 1 saturated carbocycles. The van der Waals surface area contributed by atoms with Crippen molar-refractivity contribution >= 4 is 40.5 Å². The molecule has 8 nitrogen and oxygen atoms in total. The van der Waals surface area contributed by atoms with E-state index in [9.17, 15) is 4.79 Å². The zero-order chi connectivity index (χ0) is 22.6. The van der Waals surface area contributed by atoms with Crippen molar-refractivity contribution in [3.05, 3.63) is 59.8 Å². The summed E-state index contributed by atoms with van der Waals surface area (Å²) >= 11 is 6.29. The molecule has 0 radical (unpaired) electrons. The molecular weight excluding hydrogens is 442 g/mol. The highest BCUT2D eigenvalue weighted by molar-refractivity contribution is 6.31. The number of hydrogen-bond donors (Lipinski definition) is 2. The second-order valence-corrected chi connectivity index (χ2v) is 8.39. The van der Waals surface area contributed by atoms with Gasteiger partial charge in [0.25, 0.3) is 0 Å². The quantitative estimate of drug-likeness (QED) is 0.515. The van der Waals surface area contributed by atoms with E-state index in [1.807, 2.05) is 24.3 Å². The molecule has 2 heterocycles. The second-order valence-electron chi connectivity index (χ2n) is 7.98. The van der Waals surface area contributed by atoms with E-state index in [4.69, 9.17) is 21.1 Å². The molecule has 1 saturated heterocycles. The summed E-state index contributed by atoms with van der Waals surface area (Å²) in [7, 11) is 0. The molecule has 1 aliphatic carbocycles. The van der Waals surface area contributed by atoms with Gasteiger partial charge in [0.2, 0.25) is 17.7 Å². The summed E-state index contributed by atoms with van der Waals surface area (Å²) in [6, 6.07) is 15.3. The van der Waals surface area contributed by atoms with E-state index < -0.39 is 0 Å². The number of aromatic nitrogens is 2. The third-order valence-electron chi connectivity index (χ3n) is 5.51. The fourth-order valence-electron chi connectivity index (χ4n) is 3.53. The number of carbonyl (C=O) groups is 1. The predicted molar refractivity (Wildman–Crippen MR) is 128 cm³/mol. The monoisotopic (exact) mass is 465 g/mol. The van der Waals surface area contributed by atoms with E-state index in [0.29, 0.717) is 17.4 Å². The number of benzene rings is 2. The minimum Gasteiger partial charge on any atom is -0.435 e. The molecule has 1 aliphatic heterocycles. The van der Waals surface area contributed by atoms with E-state index in [1.54, 1.807) is 12.1 Å². The Morgan fingerprint density at radius 3 is 2.61 bits per heavy atom.